The van der Waals surface area contributed by atoms with E-state index in [-0.39, 0.29) is 6.29 Å². The van der Waals surface area contributed by atoms with E-state index in [2.05, 4.69) is 0 Å². The van der Waals surface area contributed by atoms with Gasteiger partial charge < -0.3 is 20.4 Å². The molecule has 0 rings (SSSR count). The number of carboxylic acid groups (broad SMARTS) is 1. The molecule has 0 aliphatic carbocycles. The molecule has 0 aromatic heterocycles. The van der Waals surface area contributed by atoms with Gasteiger partial charge in [-0.3, -0.25) is 4.79 Å². The first-order valence-corrected chi connectivity index (χ1v) is 4.31. The Hall–Kier alpha value is -1.43. The van der Waals surface area contributed by atoms with Crippen molar-refractivity contribution >= 4 is 18.2 Å². The van der Waals surface area contributed by atoms with Gasteiger partial charge in [0.2, 0.25) is 0 Å². The Bertz CT molecular complexity index is 281. The molecule has 0 spiro atoms. The van der Waals surface area contributed by atoms with Crippen LogP contribution in [0.5, 0.6) is 0 Å². The maximum Gasteiger partial charge on any atom is 0.331 e. The summed E-state index contributed by atoms with van der Waals surface area (Å²) < 4.78 is 4.84. The first-order valence-electron chi connectivity index (χ1n) is 4.31. The Morgan fingerprint density at radius 2 is 1.87 bits per heavy atom. The zero-order chi connectivity index (χ0) is 12.3. The van der Waals surface area contributed by atoms with E-state index in [0.717, 1.165) is 0 Å². The second-order valence-electron chi connectivity index (χ2n) is 4.23. The fourth-order valence-corrected chi connectivity index (χ4v) is 0.784. The van der Waals surface area contributed by atoms with Crippen LogP contribution in [0, 0.1) is 0 Å². The molecule has 0 saturated carbocycles. The smallest absolute Gasteiger partial charge is 0.331 e. The van der Waals surface area contributed by atoms with E-state index in [1.54, 1.807) is 20.8 Å². The van der Waals surface area contributed by atoms with E-state index in [9.17, 15) is 14.4 Å². The second-order valence-corrected chi connectivity index (χ2v) is 4.23. The molecule has 1 atom stereocenters. The third-order valence-electron chi connectivity index (χ3n) is 1.47. The molecule has 6 heteroatoms. The van der Waals surface area contributed by atoms with Crippen LogP contribution in [-0.2, 0) is 19.1 Å². The number of nitrogens with two attached hydrogens (primary N) is 1. The molecule has 0 bridgehead atoms. The van der Waals surface area contributed by atoms with E-state index in [1.165, 1.54) is 0 Å². The summed E-state index contributed by atoms with van der Waals surface area (Å²) in [6, 6.07) is 0. The third-order valence-corrected chi connectivity index (χ3v) is 1.47. The van der Waals surface area contributed by atoms with Crippen LogP contribution >= 0.6 is 0 Å². The molecule has 0 amide bonds. The SMILES string of the molecule is CC(C)(C)OC(=O)C[C@](N)(C=O)C(=O)O. The number of carbonyl (C=O) groups excluding carboxylic acids is 2. The molecule has 0 aromatic carbocycles. The predicted molar refractivity (Wildman–Crippen MR) is 51.1 cm³/mol. The lowest BCUT2D eigenvalue weighted by Gasteiger charge is -2.22. The Morgan fingerprint density at radius 3 is 2.13 bits per heavy atom. The second kappa shape index (κ2) is 4.39. The molecule has 86 valence electrons. The normalized spacial score (nSPS) is 15.2. The van der Waals surface area contributed by atoms with Crippen molar-refractivity contribution in [2.75, 3.05) is 0 Å². The highest BCUT2D eigenvalue weighted by atomic mass is 16.6. The van der Waals surface area contributed by atoms with Crippen molar-refractivity contribution in [3.8, 4) is 0 Å². The van der Waals surface area contributed by atoms with Gasteiger partial charge in [-0.1, -0.05) is 0 Å². The van der Waals surface area contributed by atoms with Gasteiger partial charge in [0.15, 0.2) is 11.8 Å². The summed E-state index contributed by atoms with van der Waals surface area (Å²) in [5, 5.41) is 8.62. The largest absolute Gasteiger partial charge is 0.480 e. The van der Waals surface area contributed by atoms with Gasteiger partial charge in [-0.2, -0.15) is 0 Å². The van der Waals surface area contributed by atoms with Crippen LogP contribution in [0.3, 0.4) is 0 Å². The summed E-state index contributed by atoms with van der Waals surface area (Å²) in [5.41, 5.74) is 2.25. The molecule has 0 aliphatic heterocycles. The molecule has 0 fully saturated rings. The monoisotopic (exact) mass is 217 g/mol. The van der Waals surface area contributed by atoms with E-state index < -0.39 is 29.5 Å². The number of esters is 1. The number of rotatable bonds is 4. The van der Waals surface area contributed by atoms with Gasteiger partial charge in [-0.05, 0) is 20.8 Å². The number of hydrogen-bond acceptors (Lipinski definition) is 5. The van der Waals surface area contributed by atoms with Gasteiger partial charge in [0.05, 0.1) is 6.42 Å². The fraction of sp³-hybridized carbons (Fsp3) is 0.667. The molecule has 0 radical (unpaired) electrons. The van der Waals surface area contributed by atoms with E-state index >= 15 is 0 Å². The zero-order valence-corrected chi connectivity index (χ0v) is 8.94. The Kier molecular flexibility index (Phi) is 3.97. The first-order chi connectivity index (χ1) is 6.60. The highest BCUT2D eigenvalue weighted by Crippen LogP contribution is 2.12. The quantitative estimate of drug-likeness (QED) is 0.380. The number of ether oxygens (including phenoxy) is 1. The van der Waals surface area contributed by atoms with E-state index in [4.69, 9.17) is 15.6 Å². The number of aldehydes is 1. The third kappa shape index (κ3) is 4.55. The molecule has 0 aliphatic rings. The fourth-order valence-electron chi connectivity index (χ4n) is 0.784. The van der Waals surface area contributed by atoms with Crippen LogP contribution in [-0.4, -0.2) is 34.5 Å². The van der Waals surface area contributed by atoms with Gasteiger partial charge in [0, 0.05) is 0 Å². The number of carboxylic acids is 1. The van der Waals surface area contributed by atoms with E-state index in [1.807, 2.05) is 0 Å². The van der Waals surface area contributed by atoms with Gasteiger partial charge in [0.1, 0.15) is 5.60 Å². The highest BCUT2D eigenvalue weighted by molar-refractivity contribution is 6.00. The van der Waals surface area contributed by atoms with Crippen molar-refractivity contribution in [1.29, 1.82) is 0 Å². The summed E-state index contributed by atoms with van der Waals surface area (Å²) in [6.07, 6.45) is -0.650. The predicted octanol–water partition coefficient (Wildman–Crippen LogP) is -0.301. The maximum absolute atomic E-state index is 11.2. The van der Waals surface area contributed by atoms with Crippen molar-refractivity contribution in [3.63, 3.8) is 0 Å². The minimum Gasteiger partial charge on any atom is -0.480 e. The summed E-state index contributed by atoms with van der Waals surface area (Å²) >= 11 is 0. The molecule has 0 saturated heterocycles. The van der Waals surface area contributed by atoms with Crippen molar-refractivity contribution < 1.29 is 24.2 Å². The molecule has 0 aromatic rings. The average molecular weight is 217 g/mol. The van der Waals surface area contributed by atoms with Crippen LogP contribution in [0.4, 0.5) is 0 Å². The van der Waals surface area contributed by atoms with Crippen LogP contribution < -0.4 is 5.73 Å². The molecular formula is C9H15NO5. The van der Waals surface area contributed by atoms with E-state index in [0.29, 0.717) is 0 Å². The van der Waals surface area contributed by atoms with Crippen LogP contribution in [0.2, 0.25) is 0 Å². The van der Waals surface area contributed by atoms with Gasteiger partial charge in [-0.25, -0.2) is 4.79 Å². The Labute approximate surface area is 87.4 Å². The molecule has 6 nitrogen and oxygen atoms in total. The number of aliphatic carboxylic acids is 1. The average Bonchev–Trinajstić information content (AvgIpc) is 1.99. The lowest BCUT2D eigenvalue weighted by atomic mass is 9.99. The van der Waals surface area contributed by atoms with Gasteiger partial charge in [0.25, 0.3) is 0 Å². The van der Waals surface area contributed by atoms with Crippen molar-refractivity contribution in [2.24, 2.45) is 5.73 Å². The maximum atomic E-state index is 11.2. The highest BCUT2D eigenvalue weighted by Gasteiger charge is 2.37. The lowest BCUT2D eigenvalue weighted by molar-refractivity contribution is -0.161. The first kappa shape index (κ1) is 13.6. The van der Waals surface area contributed by atoms with Gasteiger partial charge >= 0.3 is 11.9 Å². The van der Waals surface area contributed by atoms with Crippen LogP contribution in [0.1, 0.15) is 27.2 Å². The molecule has 0 heterocycles. The van der Waals surface area contributed by atoms with Crippen molar-refractivity contribution in [2.45, 2.75) is 38.3 Å². The summed E-state index contributed by atoms with van der Waals surface area (Å²) in [4.78, 5) is 32.3. The molecule has 3 N–H and O–H groups in total. The van der Waals surface area contributed by atoms with Crippen LogP contribution in [0.15, 0.2) is 0 Å². The minimum atomic E-state index is -2.21. The summed E-state index contributed by atoms with van der Waals surface area (Å²) in [5.74, 6) is -2.37. The zero-order valence-electron chi connectivity index (χ0n) is 8.94. The Morgan fingerprint density at radius 1 is 1.40 bits per heavy atom. The molecular weight excluding hydrogens is 202 g/mol. The van der Waals surface area contributed by atoms with Gasteiger partial charge in [-0.15, -0.1) is 0 Å². The summed E-state index contributed by atoms with van der Waals surface area (Å²) in [7, 11) is 0. The van der Waals surface area contributed by atoms with Crippen LogP contribution in [0.25, 0.3) is 0 Å². The van der Waals surface area contributed by atoms with Crippen molar-refractivity contribution in [1.82, 2.24) is 0 Å². The molecule has 0 unspecified atom stereocenters. The minimum absolute atomic E-state index is 0.0270. The molecule has 15 heavy (non-hydrogen) atoms. The number of carbonyl (C=O) groups is 3. The Balaban J connectivity index is 4.52. The topological polar surface area (TPSA) is 107 Å². The standard InChI is InChI=1S/C9H15NO5/c1-8(2,3)15-6(12)4-9(10,5-11)7(13)14/h5H,4,10H2,1-3H3,(H,13,14)/t9-/m0/s1. The summed E-state index contributed by atoms with van der Waals surface area (Å²) in [6.45, 7) is 4.89. The number of hydrogen-bond donors (Lipinski definition) is 2. The lowest BCUT2D eigenvalue weighted by Crippen LogP contribution is -2.51. The van der Waals surface area contributed by atoms with Crippen molar-refractivity contribution in [3.05, 3.63) is 0 Å².